The molecule has 0 aliphatic heterocycles. The molecule has 0 bridgehead atoms. The van der Waals surface area contributed by atoms with E-state index < -0.39 is 23.4 Å². The van der Waals surface area contributed by atoms with E-state index in [0.29, 0.717) is 34.7 Å². The largest absolute Gasteiger partial charge is 0.332 e. The van der Waals surface area contributed by atoms with E-state index in [0.717, 1.165) is 44.1 Å². The number of nitrogens with zero attached hydrogens (tertiary/aromatic N) is 3. The van der Waals surface area contributed by atoms with Gasteiger partial charge in [-0.15, -0.1) is 11.3 Å². The molecule has 0 saturated carbocycles. The van der Waals surface area contributed by atoms with E-state index in [1.165, 1.54) is 18.3 Å². The van der Waals surface area contributed by atoms with Crippen LogP contribution >= 0.6 is 11.3 Å². The zero-order valence-corrected chi connectivity index (χ0v) is 34.1. The van der Waals surface area contributed by atoms with Crippen molar-refractivity contribution in [3.05, 3.63) is 199 Å². The van der Waals surface area contributed by atoms with Gasteiger partial charge in [-0.05, 0) is 96.4 Å². The number of anilines is 4. The first-order chi connectivity index (χ1) is 30.2. The highest BCUT2D eigenvalue weighted by molar-refractivity contribution is 7.13. The van der Waals surface area contributed by atoms with E-state index in [1.54, 1.807) is 63.8 Å². The van der Waals surface area contributed by atoms with Crippen molar-refractivity contribution >= 4 is 73.7 Å². The molecule has 0 fully saturated rings. The zero-order chi connectivity index (χ0) is 43.0. The smallest absolute Gasteiger partial charge is 0.298 e. The fourth-order valence-corrected chi connectivity index (χ4v) is 7.56. The minimum absolute atomic E-state index is 0.0653. The number of carbonyl (C=O) groups is 5. The van der Waals surface area contributed by atoms with Crippen LogP contribution in [0.2, 0.25) is 0 Å². The van der Waals surface area contributed by atoms with Gasteiger partial charge in [-0.25, -0.2) is 4.98 Å². The third-order valence-electron chi connectivity index (χ3n) is 9.86. The number of rotatable bonds is 12. The van der Waals surface area contributed by atoms with Gasteiger partial charge in [-0.2, -0.15) is 0 Å². The Balaban J connectivity index is 0.000000171. The van der Waals surface area contributed by atoms with Crippen molar-refractivity contribution in [3.8, 4) is 22.3 Å². The lowest BCUT2D eigenvalue weighted by Crippen LogP contribution is -2.24. The van der Waals surface area contributed by atoms with Crippen LogP contribution in [-0.2, 0) is 20.8 Å². The standard InChI is InChI=1S/C25H18N4O2S.C25H20N2O3/c30-23(24(31)27-18-9-11-19(12-10-18)28-25-26-13-15-32-25)22-21(17-6-2-1-3-7-17)16-20-8-4-5-14-29(20)22;1-17(28)15-18-10-12-20(13-11-18)26-25(30)24(29)23-22(19-7-3-2-4-8-19)16-21-9-5-6-14-27(21)23/h1-16H,(H,26,28)(H,27,31);2-14,16H,15H2,1H3,(H,26,30). The minimum Gasteiger partial charge on any atom is -0.332 e. The van der Waals surface area contributed by atoms with Crippen molar-refractivity contribution in [2.45, 2.75) is 13.3 Å². The second-order valence-electron chi connectivity index (χ2n) is 14.2. The number of hydrogen-bond acceptors (Lipinski definition) is 8. The molecular weight excluding hydrogens is 797 g/mol. The molecule has 304 valence electrons. The Morgan fingerprint density at radius 3 is 1.45 bits per heavy atom. The number of hydrogen-bond donors (Lipinski definition) is 3. The lowest BCUT2D eigenvalue weighted by molar-refractivity contribution is -0.116. The Hall–Kier alpha value is -8.22. The molecule has 9 aromatic rings. The van der Waals surface area contributed by atoms with Crippen LogP contribution in [0.1, 0.15) is 33.5 Å². The number of ketones is 3. The maximum atomic E-state index is 13.2. The zero-order valence-electron chi connectivity index (χ0n) is 33.3. The van der Waals surface area contributed by atoms with Crippen molar-refractivity contribution in [2.24, 2.45) is 0 Å². The van der Waals surface area contributed by atoms with Gasteiger partial charge in [-0.1, -0.05) is 84.9 Å². The number of amides is 2. The molecule has 0 aliphatic rings. The van der Waals surface area contributed by atoms with Crippen LogP contribution < -0.4 is 16.0 Å². The van der Waals surface area contributed by atoms with E-state index in [2.05, 4.69) is 20.9 Å². The molecule has 9 rings (SSSR count). The Morgan fingerprint density at radius 1 is 0.548 bits per heavy atom. The SMILES string of the molecule is CC(=O)Cc1ccc(NC(=O)C(=O)c2c(-c3ccccc3)cc3ccccn23)cc1.O=C(Nc1ccc(Nc2nccs2)cc1)C(=O)c1c(-c2ccccc2)cc2ccccn12. The molecule has 4 aromatic carbocycles. The van der Waals surface area contributed by atoms with Gasteiger partial charge in [0.15, 0.2) is 5.13 Å². The van der Waals surface area contributed by atoms with Gasteiger partial charge in [0, 0.05) is 69.6 Å². The lowest BCUT2D eigenvalue weighted by atomic mass is 10.0. The normalized spacial score (nSPS) is 10.7. The number of benzene rings is 4. The molecule has 0 aliphatic carbocycles. The molecule has 0 radical (unpaired) electrons. The summed E-state index contributed by atoms with van der Waals surface area (Å²) in [6.45, 7) is 1.53. The third-order valence-corrected chi connectivity index (χ3v) is 10.6. The summed E-state index contributed by atoms with van der Waals surface area (Å²) in [5.41, 5.74) is 8.26. The van der Waals surface area contributed by atoms with E-state index in [-0.39, 0.29) is 5.78 Å². The number of pyridine rings is 2. The van der Waals surface area contributed by atoms with Crippen molar-refractivity contribution in [1.82, 2.24) is 13.8 Å². The number of carbonyl (C=O) groups excluding carboxylic acids is 5. The number of aromatic nitrogens is 3. The predicted molar refractivity (Wildman–Crippen MR) is 244 cm³/mol. The molecule has 11 nitrogen and oxygen atoms in total. The highest BCUT2D eigenvalue weighted by Crippen LogP contribution is 2.30. The second kappa shape index (κ2) is 18.4. The van der Waals surface area contributed by atoms with Crippen LogP contribution in [0.3, 0.4) is 0 Å². The van der Waals surface area contributed by atoms with Gasteiger partial charge in [0.2, 0.25) is 0 Å². The van der Waals surface area contributed by atoms with Gasteiger partial charge in [0.1, 0.15) is 17.2 Å². The summed E-state index contributed by atoms with van der Waals surface area (Å²) in [6, 6.07) is 48.3. The van der Waals surface area contributed by atoms with Crippen LogP contribution in [0, 0.1) is 0 Å². The average Bonchev–Trinajstić information content (AvgIpc) is 4.06. The van der Waals surface area contributed by atoms with E-state index in [9.17, 15) is 24.0 Å². The summed E-state index contributed by atoms with van der Waals surface area (Å²) in [5.74, 6) is -2.55. The van der Waals surface area contributed by atoms with Crippen molar-refractivity contribution < 1.29 is 24.0 Å². The maximum absolute atomic E-state index is 13.2. The monoisotopic (exact) mass is 834 g/mol. The average molecular weight is 835 g/mol. The Morgan fingerprint density at radius 2 is 1.00 bits per heavy atom. The molecule has 0 saturated heterocycles. The van der Waals surface area contributed by atoms with Crippen LogP contribution in [0.4, 0.5) is 22.2 Å². The van der Waals surface area contributed by atoms with Gasteiger partial charge in [-0.3, -0.25) is 24.0 Å². The molecule has 0 spiro atoms. The summed E-state index contributed by atoms with van der Waals surface area (Å²) in [5, 5.41) is 11.2. The molecule has 12 heteroatoms. The quantitative estimate of drug-likeness (QED) is 0.0821. The van der Waals surface area contributed by atoms with Gasteiger partial charge >= 0.3 is 0 Å². The predicted octanol–water partition coefficient (Wildman–Crippen LogP) is 10.2. The molecule has 62 heavy (non-hydrogen) atoms. The first-order valence-corrected chi connectivity index (χ1v) is 20.5. The van der Waals surface area contributed by atoms with E-state index in [1.807, 2.05) is 127 Å². The maximum Gasteiger partial charge on any atom is 0.298 e. The molecule has 5 aromatic heterocycles. The van der Waals surface area contributed by atoms with Crippen molar-refractivity contribution in [1.29, 1.82) is 0 Å². The summed E-state index contributed by atoms with van der Waals surface area (Å²) in [6.07, 6.45) is 5.63. The summed E-state index contributed by atoms with van der Waals surface area (Å²) < 4.78 is 3.49. The molecule has 0 atom stereocenters. The summed E-state index contributed by atoms with van der Waals surface area (Å²) in [4.78, 5) is 67.5. The van der Waals surface area contributed by atoms with Gasteiger partial charge < -0.3 is 24.8 Å². The fraction of sp³-hybridized carbons (Fsp3) is 0.0400. The summed E-state index contributed by atoms with van der Waals surface area (Å²) >= 11 is 1.50. The molecule has 2 amide bonds. The van der Waals surface area contributed by atoms with Crippen molar-refractivity contribution in [3.63, 3.8) is 0 Å². The fourth-order valence-electron chi connectivity index (χ4n) is 7.02. The highest BCUT2D eigenvalue weighted by atomic mass is 32.1. The number of fused-ring (bicyclic) bond motifs is 2. The first kappa shape index (κ1) is 40.6. The lowest BCUT2D eigenvalue weighted by Gasteiger charge is -2.09. The van der Waals surface area contributed by atoms with Crippen LogP contribution in [0.5, 0.6) is 0 Å². The molecule has 5 heterocycles. The van der Waals surface area contributed by atoms with Gasteiger partial charge in [0.05, 0.1) is 0 Å². The minimum atomic E-state index is -0.713. The Bertz CT molecular complexity index is 3050. The Kier molecular flexibility index (Phi) is 12.0. The Labute approximate surface area is 360 Å². The second-order valence-corrected chi connectivity index (χ2v) is 15.1. The van der Waals surface area contributed by atoms with Gasteiger partial charge in [0.25, 0.3) is 23.4 Å². The summed E-state index contributed by atoms with van der Waals surface area (Å²) in [7, 11) is 0. The third kappa shape index (κ3) is 9.15. The first-order valence-electron chi connectivity index (χ1n) is 19.6. The van der Waals surface area contributed by atoms with E-state index in [4.69, 9.17) is 0 Å². The molecular formula is C50H38N6O5S. The highest BCUT2D eigenvalue weighted by Gasteiger charge is 2.26. The van der Waals surface area contributed by atoms with Crippen LogP contribution in [0.15, 0.2) is 182 Å². The molecule has 0 unspecified atom stereocenters. The van der Waals surface area contributed by atoms with E-state index >= 15 is 0 Å². The van der Waals surface area contributed by atoms with Crippen molar-refractivity contribution in [2.75, 3.05) is 16.0 Å². The number of Topliss-reactive ketones (excluding diaryl/α,β-unsaturated/α-hetero) is 3. The molecule has 3 N–H and O–H groups in total. The number of thiazole rings is 1. The topological polar surface area (TPSA) is 143 Å². The van der Waals surface area contributed by atoms with Crippen LogP contribution in [0.25, 0.3) is 33.3 Å². The number of nitrogens with one attached hydrogen (secondary N) is 3. The van der Waals surface area contributed by atoms with Crippen LogP contribution in [-0.4, -0.2) is 42.9 Å².